The van der Waals surface area contributed by atoms with Crippen LogP contribution in [0.1, 0.15) is 22.3 Å². The fraction of sp³-hybridized carbons (Fsp3) is 0.364. The molecule has 158 valence electrons. The Hall–Kier alpha value is -2.46. The van der Waals surface area contributed by atoms with Gasteiger partial charge in [0, 0.05) is 44.7 Å². The van der Waals surface area contributed by atoms with E-state index in [0.717, 1.165) is 31.9 Å². The number of methoxy groups -OCH3 is 2. The molecule has 0 unspecified atom stereocenters. The number of nitriles is 1. The van der Waals surface area contributed by atoms with E-state index in [0.29, 0.717) is 40.1 Å². The first kappa shape index (κ1) is 22.2. The number of piperazine rings is 1. The minimum Gasteiger partial charge on any atom is -0.493 e. The Morgan fingerprint density at radius 2 is 1.87 bits per heavy atom. The molecular formula is C22H23Cl2N3O3. The molecule has 2 aromatic rings. The number of Topliss-reactive ketones (excluding diaryl/α,β-unsaturated/α-hetero) is 1. The zero-order valence-corrected chi connectivity index (χ0v) is 18.5. The molecule has 1 heterocycles. The molecule has 0 saturated carbocycles. The third-order valence-corrected chi connectivity index (χ3v) is 6.03. The van der Waals surface area contributed by atoms with Crippen molar-refractivity contribution in [2.45, 2.75) is 6.42 Å². The highest BCUT2D eigenvalue weighted by molar-refractivity contribution is 6.43. The summed E-state index contributed by atoms with van der Waals surface area (Å²) in [5, 5.41) is 10.5. The number of nitrogens with zero attached hydrogens (tertiary/aromatic N) is 3. The molecule has 8 heteroatoms. The summed E-state index contributed by atoms with van der Waals surface area (Å²) < 4.78 is 10.5. The number of ether oxygens (including phenoxy) is 2. The van der Waals surface area contributed by atoms with Gasteiger partial charge in [-0.05, 0) is 24.3 Å². The quantitative estimate of drug-likeness (QED) is 0.590. The van der Waals surface area contributed by atoms with Gasteiger partial charge >= 0.3 is 0 Å². The largest absolute Gasteiger partial charge is 0.493 e. The molecule has 0 aliphatic carbocycles. The number of hydrogen-bond donors (Lipinski definition) is 0. The van der Waals surface area contributed by atoms with Crippen LogP contribution in [-0.4, -0.2) is 57.6 Å². The van der Waals surface area contributed by atoms with Crippen molar-refractivity contribution in [3.8, 4) is 17.6 Å². The monoisotopic (exact) mass is 447 g/mol. The average Bonchev–Trinajstić information content (AvgIpc) is 2.78. The zero-order chi connectivity index (χ0) is 21.7. The number of benzene rings is 2. The van der Waals surface area contributed by atoms with Gasteiger partial charge in [-0.25, -0.2) is 0 Å². The van der Waals surface area contributed by atoms with Crippen molar-refractivity contribution in [2.75, 3.05) is 51.8 Å². The minimum absolute atomic E-state index is 0.0345. The lowest BCUT2D eigenvalue weighted by atomic mass is 10.0. The van der Waals surface area contributed by atoms with Crippen LogP contribution in [0.3, 0.4) is 0 Å². The number of ketones is 1. The first-order valence-corrected chi connectivity index (χ1v) is 10.3. The first-order chi connectivity index (χ1) is 14.5. The van der Waals surface area contributed by atoms with Crippen LogP contribution in [0.2, 0.25) is 10.0 Å². The fourth-order valence-electron chi connectivity index (χ4n) is 3.56. The van der Waals surface area contributed by atoms with Gasteiger partial charge in [-0.2, -0.15) is 5.26 Å². The number of anilines is 1. The predicted molar refractivity (Wildman–Crippen MR) is 118 cm³/mol. The highest BCUT2D eigenvalue weighted by atomic mass is 35.5. The van der Waals surface area contributed by atoms with Crippen LogP contribution in [0.25, 0.3) is 0 Å². The molecule has 0 amide bonds. The SMILES string of the molecule is COc1cc(C(=O)CCN2CCN(c3cccc(Cl)c3Cl)CC2)cc(C#N)c1OC. The molecule has 0 aromatic heterocycles. The van der Waals surface area contributed by atoms with E-state index < -0.39 is 0 Å². The van der Waals surface area contributed by atoms with Crippen molar-refractivity contribution in [1.29, 1.82) is 5.26 Å². The van der Waals surface area contributed by atoms with Crippen LogP contribution in [0, 0.1) is 11.3 Å². The van der Waals surface area contributed by atoms with Gasteiger partial charge in [0.05, 0.1) is 35.5 Å². The molecule has 3 rings (SSSR count). The van der Waals surface area contributed by atoms with Gasteiger partial charge in [0.25, 0.3) is 0 Å². The van der Waals surface area contributed by atoms with Crippen LogP contribution in [0.5, 0.6) is 11.5 Å². The Kier molecular flexibility index (Phi) is 7.43. The summed E-state index contributed by atoms with van der Waals surface area (Å²) >= 11 is 12.5. The Morgan fingerprint density at radius 3 is 2.50 bits per heavy atom. The molecule has 1 aliphatic heterocycles. The molecule has 0 spiro atoms. The van der Waals surface area contributed by atoms with E-state index in [9.17, 15) is 10.1 Å². The second kappa shape index (κ2) is 10.0. The van der Waals surface area contributed by atoms with Crippen molar-refractivity contribution in [1.82, 2.24) is 4.90 Å². The van der Waals surface area contributed by atoms with Crippen LogP contribution in [0.4, 0.5) is 5.69 Å². The fourth-order valence-corrected chi connectivity index (χ4v) is 3.98. The van der Waals surface area contributed by atoms with E-state index in [1.54, 1.807) is 18.2 Å². The van der Waals surface area contributed by atoms with E-state index >= 15 is 0 Å². The molecule has 30 heavy (non-hydrogen) atoms. The summed E-state index contributed by atoms with van der Waals surface area (Å²) in [5.41, 5.74) is 1.68. The summed E-state index contributed by atoms with van der Waals surface area (Å²) in [6, 6.07) is 10.9. The maximum atomic E-state index is 12.7. The molecule has 1 aliphatic rings. The van der Waals surface area contributed by atoms with Crippen molar-refractivity contribution < 1.29 is 14.3 Å². The summed E-state index contributed by atoms with van der Waals surface area (Å²) in [6.07, 6.45) is 0.359. The van der Waals surface area contributed by atoms with Crippen molar-refractivity contribution in [2.24, 2.45) is 0 Å². The van der Waals surface area contributed by atoms with Crippen molar-refractivity contribution >= 4 is 34.7 Å². The van der Waals surface area contributed by atoms with Gasteiger partial charge in [-0.1, -0.05) is 29.3 Å². The molecule has 2 aromatic carbocycles. The van der Waals surface area contributed by atoms with Crippen LogP contribution in [0.15, 0.2) is 30.3 Å². The van der Waals surface area contributed by atoms with Gasteiger partial charge < -0.3 is 14.4 Å². The molecule has 0 radical (unpaired) electrons. The summed E-state index contributed by atoms with van der Waals surface area (Å²) in [5.74, 6) is 0.687. The summed E-state index contributed by atoms with van der Waals surface area (Å²) in [4.78, 5) is 17.2. The highest BCUT2D eigenvalue weighted by Crippen LogP contribution is 2.34. The normalized spacial score (nSPS) is 14.3. The third-order valence-electron chi connectivity index (χ3n) is 5.22. The van der Waals surface area contributed by atoms with E-state index in [-0.39, 0.29) is 11.3 Å². The van der Waals surface area contributed by atoms with Gasteiger partial charge in [-0.15, -0.1) is 0 Å². The highest BCUT2D eigenvalue weighted by Gasteiger charge is 2.21. The van der Waals surface area contributed by atoms with E-state index in [1.807, 2.05) is 12.1 Å². The lowest BCUT2D eigenvalue weighted by Gasteiger charge is -2.36. The van der Waals surface area contributed by atoms with E-state index in [4.69, 9.17) is 32.7 Å². The second-order valence-electron chi connectivity index (χ2n) is 6.95. The average molecular weight is 448 g/mol. The standard InChI is InChI=1S/C22H23Cl2N3O3/c1-29-20-13-15(12-16(14-25)22(20)30-2)19(28)6-7-26-8-10-27(11-9-26)18-5-3-4-17(23)21(18)24/h3-5,12-13H,6-11H2,1-2H3. The molecule has 0 N–H and O–H groups in total. The molecule has 1 fully saturated rings. The summed E-state index contributed by atoms with van der Waals surface area (Å²) in [7, 11) is 2.95. The van der Waals surface area contributed by atoms with Gasteiger partial charge in [-0.3, -0.25) is 9.69 Å². The Labute approximate surface area is 186 Å². The van der Waals surface area contributed by atoms with Crippen LogP contribution in [-0.2, 0) is 0 Å². The van der Waals surface area contributed by atoms with Crippen LogP contribution >= 0.6 is 23.2 Å². The third kappa shape index (κ3) is 4.81. The first-order valence-electron chi connectivity index (χ1n) is 9.59. The topological polar surface area (TPSA) is 65.8 Å². The lowest BCUT2D eigenvalue weighted by molar-refractivity contribution is 0.0962. The van der Waals surface area contributed by atoms with Crippen molar-refractivity contribution in [3.63, 3.8) is 0 Å². The van der Waals surface area contributed by atoms with Gasteiger partial charge in [0.1, 0.15) is 6.07 Å². The number of halogens is 2. The van der Waals surface area contributed by atoms with Crippen molar-refractivity contribution in [3.05, 3.63) is 51.5 Å². The van der Waals surface area contributed by atoms with Gasteiger partial charge in [0.15, 0.2) is 17.3 Å². The number of carbonyl (C=O) groups excluding carboxylic acids is 1. The number of rotatable bonds is 7. The Balaban J connectivity index is 1.59. The smallest absolute Gasteiger partial charge is 0.178 e. The molecule has 0 atom stereocenters. The maximum absolute atomic E-state index is 12.7. The second-order valence-corrected chi connectivity index (χ2v) is 7.73. The van der Waals surface area contributed by atoms with Gasteiger partial charge in [0.2, 0.25) is 0 Å². The van der Waals surface area contributed by atoms with E-state index in [2.05, 4.69) is 15.9 Å². The maximum Gasteiger partial charge on any atom is 0.178 e. The molecule has 0 bridgehead atoms. The predicted octanol–water partition coefficient (Wildman–Crippen LogP) is 4.28. The molecule has 1 saturated heterocycles. The molecular weight excluding hydrogens is 425 g/mol. The summed E-state index contributed by atoms with van der Waals surface area (Å²) in [6.45, 7) is 3.91. The van der Waals surface area contributed by atoms with E-state index in [1.165, 1.54) is 14.2 Å². The van der Waals surface area contributed by atoms with Crippen LogP contribution < -0.4 is 14.4 Å². The number of hydrogen-bond acceptors (Lipinski definition) is 6. The minimum atomic E-state index is -0.0345. The molecule has 6 nitrogen and oxygen atoms in total. The number of carbonyl (C=O) groups is 1. The lowest BCUT2D eigenvalue weighted by Crippen LogP contribution is -2.47. The zero-order valence-electron chi connectivity index (χ0n) is 17.0. The Bertz CT molecular complexity index is 967. The Morgan fingerprint density at radius 1 is 1.13 bits per heavy atom.